The molecular formula is C21H27ClFN3O2. The quantitative estimate of drug-likeness (QED) is 0.557. The summed E-state index contributed by atoms with van der Waals surface area (Å²) in [6, 6.07) is 2.41. The van der Waals surface area contributed by atoms with E-state index in [1.807, 2.05) is 20.8 Å². The monoisotopic (exact) mass is 407 g/mol. The maximum absolute atomic E-state index is 14.3. The Morgan fingerprint density at radius 1 is 1.32 bits per heavy atom. The molecule has 0 unspecified atom stereocenters. The molecule has 0 heterocycles. The summed E-state index contributed by atoms with van der Waals surface area (Å²) < 4.78 is 14.3. The molecule has 1 aliphatic carbocycles. The Morgan fingerprint density at radius 3 is 2.50 bits per heavy atom. The second-order valence-electron chi connectivity index (χ2n) is 7.55. The first-order valence-corrected chi connectivity index (χ1v) is 9.62. The average molecular weight is 408 g/mol. The summed E-state index contributed by atoms with van der Waals surface area (Å²) in [6.45, 7) is 7.29. The standard InChI is InChI=1S/C21H27ClFN3O2/c1-11(2)12(3)7-16(13(4)24)21(28)26(10-20(25)27)19-6-5-15-17(19)8-14(22)9-18(15)23/h7-9,11,19H,5-6,10,24H2,1-4H3,(H2,25,27)/b12-7-,16-13+/t19-/m1/s1. The van der Waals surface area contributed by atoms with Gasteiger partial charge in [-0.05, 0) is 61.9 Å². The predicted molar refractivity (Wildman–Crippen MR) is 109 cm³/mol. The van der Waals surface area contributed by atoms with Crippen LogP contribution in [0.5, 0.6) is 0 Å². The van der Waals surface area contributed by atoms with E-state index in [4.69, 9.17) is 23.1 Å². The van der Waals surface area contributed by atoms with E-state index in [2.05, 4.69) is 0 Å². The van der Waals surface area contributed by atoms with Gasteiger partial charge in [0.1, 0.15) is 12.4 Å². The van der Waals surface area contributed by atoms with Crippen molar-refractivity contribution in [2.24, 2.45) is 17.4 Å². The number of halogens is 2. The Morgan fingerprint density at radius 2 is 1.96 bits per heavy atom. The van der Waals surface area contributed by atoms with Crippen molar-refractivity contribution in [1.29, 1.82) is 0 Å². The number of rotatable bonds is 6. The van der Waals surface area contributed by atoms with Crippen LogP contribution < -0.4 is 11.5 Å². The second-order valence-corrected chi connectivity index (χ2v) is 7.99. The third-order valence-corrected chi connectivity index (χ3v) is 5.34. The molecule has 5 nitrogen and oxygen atoms in total. The first-order chi connectivity index (χ1) is 13.0. The van der Waals surface area contributed by atoms with Gasteiger partial charge < -0.3 is 16.4 Å². The van der Waals surface area contributed by atoms with Crippen molar-refractivity contribution in [2.45, 2.75) is 46.6 Å². The molecule has 2 rings (SSSR count). The summed E-state index contributed by atoms with van der Waals surface area (Å²) in [5.74, 6) is -1.23. The molecule has 0 aromatic heterocycles. The van der Waals surface area contributed by atoms with Crippen LogP contribution in [-0.4, -0.2) is 23.3 Å². The highest BCUT2D eigenvalue weighted by molar-refractivity contribution is 6.30. The second kappa shape index (κ2) is 8.78. The van der Waals surface area contributed by atoms with Gasteiger partial charge in [-0.3, -0.25) is 9.59 Å². The summed E-state index contributed by atoms with van der Waals surface area (Å²) in [4.78, 5) is 26.4. The number of primary amides is 1. The van der Waals surface area contributed by atoms with Crippen LogP contribution in [0, 0.1) is 11.7 Å². The highest BCUT2D eigenvalue weighted by atomic mass is 35.5. The van der Waals surface area contributed by atoms with Gasteiger partial charge in [0.2, 0.25) is 5.91 Å². The number of hydrogen-bond donors (Lipinski definition) is 2. The molecule has 0 saturated carbocycles. The fourth-order valence-electron chi connectivity index (χ4n) is 3.33. The lowest BCUT2D eigenvalue weighted by atomic mass is 9.99. The van der Waals surface area contributed by atoms with Crippen molar-refractivity contribution in [3.8, 4) is 0 Å². The van der Waals surface area contributed by atoms with Crippen LogP contribution in [0.15, 0.2) is 35.1 Å². The third-order valence-electron chi connectivity index (χ3n) is 5.12. The predicted octanol–water partition coefficient (Wildman–Crippen LogP) is 3.62. The molecule has 0 radical (unpaired) electrons. The topological polar surface area (TPSA) is 89.4 Å². The number of nitrogens with zero attached hydrogens (tertiary/aromatic N) is 1. The van der Waals surface area contributed by atoms with E-state index in [1.54, 1.807) is 19.1 Å². The average Bonchev–Trinajstić information content (AvgIpc) is 2.99. The van der Waals surface area contributed by atoms with E-state index in [9.17, 15) is 14.0 Å². The van der Waals surface area contributed by atoms with Gasteiger partial charge in [0.05, 0.1) is 11.6 Å². The number of hydrogen-bond acceptors (Lipinski definition) is 3. The van der Waals surface area contributed by atoms with Gasteiger partial charge in [-0.25, -0.2) is 4.39 Å². The first kappa shape index (κ1) is 22.0. The third kappa shape index (κ3) is 4.73. The minimum Gasteiger partial charge on any atom is -0.402 e. The summed E-state index contributed by atoms with van der Waals surface area (Å²) in [5.41, 5.74) is 14.1. The highest BCUT2D eigenvalue weighted by Gasteiger charge is 2.35. The van der Waals surface area contributed by atoms with E-state index in [0.29, 0.717) is 35.2 Å². The highest BCUT2D eigenvalue weighted by Crippen LogP contribution is 2.39. The Labute approximate surface area is 170 Å². The van der Waals surface area contributed by atoms with Crippen LogP contribution in [0.25, 0.3) is 0 Å². The number of carbonyl (C=O) groups excluding carboxylic acids is 2. The molecule has 2 amide bonds. The summed E-state index contributed by atoms with van der Waals surface area (Å²) in [6.07, 6.45) is 2.67. The van der Waals surface area contributed by atoms with Gasteiger partial charge in [-0.15, -0.1) is 0 Å². The summed E-state index contributed by atoms with van der Waals surface area (Å²) in [7, 11) is 0. The van der Waals surface area contributed by atoms with E-state index in [1.165, 1.54) is 11.0 Å². The zero-order chi connectivity index (χ0) is 21.2. The SMILES string of the molecule is C/C(=C/C(C(=O)N(CC(N)=O)[C@@H]1CCc2c(F)cc(Cl)cc21)=C(/C)N)C(C)C. The molecule has 28 heavy (non-hydrogen) atoms. The largest absolute Gasteiger partial charge is 0.402 e. The molecule has 152 valence electrons. The molecule has 0 saturated heterocycles. The number of amides is 2. The minimum atomic E-state index is -0.650. The van der Waals surface area contributed by atoms with Gasteiger partial charge in [-0.1, -0.05) is 31.0 Å². The Bertz CT molecular complexity index is 857. The molecule has 7 heteroatoms. The smallest absolute Gasteiger partial charge is 0.256 e. The van der Waals surface area contributed by atoms with E-state index in [0.717, 1.165) is 5.57 Å². The zero-order valence-corrected chi connectivity index (χ0v) is 17.4. The lowest BCUT2D eigenvalue weighted by molar-refractivity contribution is -0.134. The van der Waals surface area contributed by atoms with Gasteiger partial charge in [0.15, 0.2) is 0 Å². The molecule has 0 aliphatic heterocycles. The molecular weight excluding hydrogens is 381 g/mol. The lowest BCUT2D eigenvalue weighted by Gasteiger charge is -2.30. The van der Waals surface area contributed by atoms with Crippen LogP contribution in [0.3, 0.4) is 0 Å². The van der Waals surface area contributed by atoms with Crippen molar-refractivity contribution in [2.75, 3.05) is 6.54 Å². The first-order valence-electron chi connectivity index (χ1n) is 9.24. The Hall–Kier alpha value is -2.34. The molecule has 0 fully saturated rings. The zero-order valence-electron chi connectivity index (χ0n) is 16.7. The van der Waals surface area contributed by atoms with Crippen LogP contribution >= 0.6 is 11.6 Å². The molecule has 1 aromatic rings. The summed E-state index contributed by atoms with van der Waals surface area (Å²) >= 11 is 6.03. The number of allylic oxidation sites excluding steroid dienone is 2. The maximum atomic E-state index is 14.3. The van der Waals surface area contributed by atoms with Crippen LogP contribution in [0.2, 0.25) is 5.02 Å². The van der Waals surface area contributed by atoms with Gasteiger partial charge in [0, 0.05) is 10.7 Å². The van der Waals surface area contributed by atoms with Crippen LogP contribution in [-0.2, 0) is 16.0 Å². The lowest BCUT2D eigenvalue weighted by Crippen LogP contribution is -2.41. The fourth-order valence-corrected chi connectivity index (χ4v) is 3.54. The number of benzene rings is 1. The molecule has 0 spiro atoms. The molecule has 1 aromatic carbocycles. The maximum Gasteiger partial charge on any atom is 0.256 e. The van der Waals surface area contributed by atoms with Crippen molar-refractivity contribution in [3.63, 3.8) is 0 Å². The van der Waals surface area contributed by atoms with Gasteiger partial charge >= 0.3 is 0 Å². The molecule has 4 N–H and O–H groups in total. The Kier molecular flexibility index (Phi) is 6.88. The minimum absolute atomic E-state index is 0.229. The van der Waals surface area contributed by atoms with Gasteiger partial charge in [-0.2, -0.15) is 0 Å². The normalized spacial score (nSPS) is 17.4. The number of nitrogens with two attached hydrogens (primary N) is 2. The van der Waals surface area contributed by atoms with Crippen molar-refractivity contribution < 1.29 is 14.0 Å². The van der Waals surface area contributed by atoms with Crippen LogP contribution in [0.1, 0.15) is 51.3 Å². The molecule has 1 atom stereocenters. The Balaban J connectivity index is 2.51. The number of fused-ring (bicyclic) bond motifs is 1. The van der Waals surface area contributed by atoms with Gasteiger partial charge in [0.25, 0.3) is 5.91 Å². The summed E-state index contributed by atoms with van der Waals surface area (Å²) in [5, 5.41) is 0.246. The van der Waals surface area contributed by atoms with E-state index < -0.39 is 23.7 Å². The van der Waals surface area contributed by atoms with Crippen LogP contribution in [0.4, 0.5) is 4.39 Å². The molecule has 0 bridgehead atoms. The van der Waals surface area contributed by atoms with E-state index >= 15 is 0 Å². The van der Waals surface area contributed by atoms with Crippen molar-refractivity contribution >= 4 is 23.4 Å². The fraction of sp³-hybridized carbons (Fsp3) is 0.429. The van der Waals surface area contributed by atoms with Crippen molar-refractivity contribution in [1.82, 2.24) is 4.90 Å². The van der Waals surface area contributed by atoms with E-state index in [-0.39, 0.29) is 17.5 Å². The number of carbonyl (C=O) groups is 2. The molecule has 1 aliphatic rings. The van der Waals surface area contributed by atoms with Crippen molar-refractivity contribution in [3.05, 3.63) is 57.0 Å².